The normalized spacial score (nSPS) is 11.6. The van der Waals surface area contributed by atoms with E-state index < -0.39 is 0 Å². The van der Waals surface area contributed by atoms with Crippen molar-refractivity contribution in [1.29, 1.82) is 0 Å². The molecule has 0 fully saturated rings. The first-order valence-corrected chi connectivity index (χ1v) is 8.43. The number of para-hydroxylation sites is 1. The van der Waals surface area contributed by atoms with Gasteiger partial charge in [0.2, 0.25) is 0 Å². The van der Waals surface area contributed by atoms with Crippen LogP contribution in [0.15, 0.2) is 34.5 Å². The zero-order chi connectivity index (χ0) is 13.9. The van der Waals surface area contributed by atoms with Crippen LogP contribution in [0.1, 0.15) is 31.5 Å². The molecule has 0 spiro atoms. The Morgan fingerprint density at radius 3 is 2.63 bits per heavy atom. The Morgan fingerprint density at radius 1 is 1.26 bits per heavy atom. The highest BCUT2D eigenvalue weighted by molar-refractivity contribution is 7.98. The number of rotatable bonds is 4. The van der Waals surface area contributed by atoms with Gasteiger partial charge in [0, 0.05) is 21.4 Å². The number of anilines is 1. The zero-order valence-corrected chi connectivity index (χ0v) is 13.5. The van der Waals surface area contributed by atoms with Gasteiger partial charge in [0.05, 0.1) is 12.2 Å². The molecule has 0 atom stereocenters. The molecule has 102 valence electrons. The largest absolute Gasteiger partial charge is 0.378 e. The lowest BCUT2D eigenvalue weighted by Crippen LogP contribution is -2.12. The monoisotopic (exact) mass is 292 g/mol. The summed E-state index contributed by atoms with van der Waals surface area (Å²) in [5.74, 6) is 0. The maximum absolute atomic E-state index is 4.70. The van der Waals surface area contributed by atoms with E-state index in [0.29, 0.717) is 0 Å². The van der Waals surface area contributed by atoms with E-state index in [1.54, 1.807) is 23.1 Å². The van der Waals surface area contributed by atoms with Gasteiger partial charge in [-0.05, 0) is 18.4 Å². The van der Waals surface area contributed by atoms with Gasteiger partial charge in [-0.25, -0.2) is 4.98 Å². The van der Waals surface area contributed by atoms with Crippen LogP contribution in [-0.2, 0) is 12.0 Å². The highest BCUT2D eigenvalue weighted by Crippen LogP contribution is 2.27. The number of nitrogens with one attached hydrogen (secondary N) is 1. The van der Waals surface area contributed by atoms with Gasteiger partial charge in [-0.15, -0.1) is 23.1 Å². The second-order valence-electron chi connectivity index (χ2n) is 5.43. The second-order valence-corrected chi connectivity index (χ2v) is 7.22. The number of thioether (sulfide) groups is 1. The van der Waals surface area contributed by atoms with E-state index in [2.05, 4.69) is 62.0 Å². The molecule has 0 saturated heterocycles. The summed E-state index contributed by atoms with van der Waals surface area (Å²) in [6, 6.07) is 8.38. The van der Waals surface area contributed by atoms with Gasteiger partial charge >= 0.3 is 0 Å². The second kappa shape index (κ2) is 5.97. The van der Waals surface area contributed by atoms with Crippen LogP contribution in [0.4, 0.5) is 5.69 Å². The molecule has 0 amide bonds. The number of hydrogen-bond donors (Lipinski definition) is 1. The topological polar surface area (TPSA) is 24.9 Å². The highest BCUT2D eigenvalue weighted by atomic mass is 32.2. The Hall–Kier alpha value is -1.00. The Bertz CT molecular complexity index is 541. The van der Waals surface area contributed by atoms with Crippen LogP contribution in [0.25, 0.3) is 0 Å². The summed E-state index contributed by atoms with van der Waals surface area (Å²) < 4.78 is 0. The van der Waals surface area contributed by atoms with Gasteiger partial charge < -0.3 is 5.32 Å². The quantitative estimate of drug-likeness (QED) is 0.821. The molecule has 0 aliphatic rings. The van der Waals surface area contributed by atoms with Crippen LogP contribution in [0.5, 0.6) is 0 Å². The van der Waals surface area contributed by atoms with Crippen molar-refractivity contribution >= 4 is 28.8 Å². The molecular formula is C15H20N2S2. The van der Waals surface area contributed by atoms with Crippen molar-refractivity contribution in [3.05, 3.63) is 40.3 Å². The minimum absolute atomic E-state index is 0.131. The number of hydrogen-bond acceptors (Lipinski definition) is 4. The lowest BCUT2D eigenvalue weighted by Gasteiger charge is -2.14. The average molecular weight is 292 g/mol. The maximum atomic E-state index is 4.70. The first kappa shape index (κ1) is 14.4. The molecule has 1 aromatic heterocycles. The lowest BCUT2D eigenvalue weighted by atomic mass is 9.93. The van der Waals surface area contributed by atoms with Crippen molar-refractivity contribution in [3.8, 4) is 0 Å². The Balaban J connectivity index is 2.05. The summed E-state index contributed by atoms with van der Waals surface area (Å²) in [5, 5.41) is 6.78. The molecule has 2 aromatic rings. The summed E-state index contributed by atoms with van der Waals surface area (Å²) in [6.07, 6.45) is 2.10. The van der Waals surface area contributed by atoms with Crippen molar-refractivity contribution in [3.63, 3.8) is 0 Å². The third kappa shape index (κ3) is 3.74. The smallest absolute Gasteiger partial charge is 0.112 e. The maximum Gasteiger partial charge on any atom is 0.112 e. The number of aromatic nitrogens is 1. The van der Waals surface area contributed by atoms with E-state index >= 15 is 0 Å². The van der Waals surface area contributed by atoms with Crippen molar-refractivity contribution in [1.82, 2.24) is 4.98 Å². The van der Waals surface area contributed by atoms with Crippen LogP contribution in [-0.4, -0.2) is 11.2 Å². The van der Waals surface area contributed by atoms with Gasteiger partial charge in [0.25, 0.3) is 0 Å². The lowest BCUT2D eigenvalue weighted by molar-refractivity contribution is 0.571. The molecule has 1 aromatic carbocycles. The summed E-state index contributed by atoms with van der Waals surface area (Å²) in [6.45, 7) is 7.38. The first-order chi connectivity index (χ1) is 9.00. The molecule has 2 nitrogen and oxygen atoms in total. The van der Waals surface area contributed by atoms with Crippen LogP contribution >= 0.6 is 23.1 Å². The summed E-state index contributed by atoms with van der Waals surface area (Å²) in [4.78, 5) is 5.97. The fraction of sp³-hybridized carbons (Fsp3) is 0.400. The zero-order valence-electron chi connectivity index (χ0n) is 11.9. The minimum atomic E-state index is 0.131. The molecule has 1 N–H and O–H groups in total. The summed E-state index contributed by atoms with van der Waals surface area (Å²) in [5.41, 5.74) is 2.49. The van der Waals surface area contributed by atoms with Crippen molar-refractivity contribution in [2.45, 2.75) is 37.6 Å². The minimum Gasteiger partial charge on any atom is -0.378 e. The van der Waals surface area contributed by atoms with Crippen LogP contribution in [0, 0.1) is 0 Å². The van der Waals surface area contributed by atoms with E-state index in [9.17, 15) is 0 Å². The molecule has 1 heterocycles. The molecule has 0 saturated carbocycles. The van der Waals surface area contributed by atoms with Crippen molar-refractivity contribution in [2.24, 2.45) is 0 Å². The van der Waals surface area contributed by atoms with E-state index in [1.165, 1.54) is 16.3 Å². The fourth-order valence-corrected chi connectivity index (χ4v) is 3.23. The molecule has 0 aliphatic carbocycles. The predicted octanol–water partition coefficient (Wildman–Crippen LogP) is 4.77. The van der Waals surface area contributed by atoms with E-state index in [4.69, 9.17) is 4.98 Å². The molecule has 4 heteroatoms. The van der Waals surface area contributed by atoms with E-state index in [1.807, 2.05) is 0 Å². The number of nitrogens with zero attached hydrogens (tertiary/aromatic N) is 1. The van der Waals surface area contributed by atoms with Gasteiger partial charge in [0.15, 0.2) is 0 Å². The third-order valence-electron chi connectivity index (χ3n) is 2.86. The fourth-order valence-electron chi connectivity index (χ4n) is 1.70. The SMILES string of the molecule is CSc1ccccc1NCc1nc(C(C)(C)C)cs1. The van der Waals surface area contributed by atoms with Gasteiger partial charge in [-0.3, -0.25) is 0 Å². The average Bonchev–Trinajstić information content (AvgIpc) is 2.85. The number of benzene rings is 1. The Morgan fingerprint density at radius 2 is 2.00 bits per heavy atom. The van der Waals surface area contributed by atoms with Crippen molar-refractivity contribution < 1.29 is 0 Å². The molecular weight excluding hydrogens is 272 g/mol. The van der Waals surface area contributed by atoms with Crippen molar-refractivity contribution in [2.75, 3.05) is 11.6 Å². The Labute approximate surface area is 123 Å². The van der Waals surface area contributed by atoms with Gasteiger partial charge in [-0.2, -0.15) is 0 Å². The third-order valence-corrected chi connectivity index (χ3v) is 4.50. The van der Waals surface area contributed by atoms with Crippen LogP contribution in [0.2, 0.25) is 0 Å². The van der Waals surface area contributed by atoms with Crippen LogP contribution in [0.3, 0.4) is 0 Å². The molecule has 2 rings (SSSR count). The van der Waals surface area contributed by atoms with E-state index in [-0.39, 0.29) is 5.41 Å². The van der Waals surface area contributed by atoms with E-state index in [0.717, 1.165) is 11.6 Å². The summed E-state index contributed by atoms with van der Waals surface area (Å²) >= 11 is 3.49. The molecule has 0 radical (unpaired) electrons. The highest BCUT2D eigenvalue weighted by Gasteiger charge is 2.17. The molecule has 0 bridgehead atoms. The molecule has 0 aliphatic heterocycles. The number of thiazole rings is 1. The van der Waals surface area contributed by atoms with Gasteiger partial charge in [-0.1, -0.05) is 32.9 Å². The molecule has 19 heavy (non-hydrogen) atoms. The van der Waals surface area contributed by atoms with Crippen LogP contribution < -0.4 is 5.32 Å². The molecule has 0 unspecified atom stereocenters. The predicted molar refractivity (Wildman–Crippen MR) is 86.4 cm³/mol. The van der Waals surface area contributed by atoms with Gasteiger partial charge in [0.1, 0.15) is 5.01 Å². The summed E-state index contributed by atoms with van der Waals surface area (Å²) in [7, 11) is 0. The Kier molecular flexibility index (Phi) is 4.53. The first-order valence-electron chi connectivity index (χ1n) is 6.32. The standard InChI is InChI=1S/C15H20N2S2/c1-15(2,3)13-10-19-14(17-13)9-16-11-7-5-6-8-12(11)18-4/h5-8,10,16H,9H2,1-4H3.